The van der Waals surface area contributed by atoms with Gasteiger partial charge in [-0.05, 0) is 62.5 Å². The topological polar surface area (TPSA) is 73.5 Å². The SMILES string of the molecule is CNC(=O)c1ccc(NC(=O)NC[C@@H](C)CN2CCCCC2)c(C)c1. The van der Waals surface area contributed by atoms with E-state index in [-0.39, 0.29) is 11.9 Å². The van der Waals surface area contributed by atoms with Gasteiger partial charge in [0.2, 0.25) is 0 Å². The summed E-state index contributed by atoms with van der Waals surface area (Å²) in [5.74, 6) is 0.284. The number of likely N-dealkylation sites (tertiary alicyclic amines) is 1. The van der Waals surface area contributed by atoms with Crippen molar-refractivity contribution >= 4 is 17.6 Å². The van der Waals surface area contributed by atoms with E-state index >= 15 is 0 Å². The van der Waals surface area contributed by atoms with Crippen molar-refractivity contribution < 1.29 is 9.59 Å². The summed E-state index contributed by atoms with van der Waals surface area (Å²) >= 11 is 0. The number of nitrogens with zero attached hydrogens (tertiary/aromatic N) is 1. The molecule has 1 saturated heterocycles. The van der Waals surface area contributed by atoms with Gasteiger partial charge in [0.1, 0.15) is 0 Å². The summed E-state index contributed by atoms with van der Waals surface area (Å²) in [6, 6.07) is 5.03. The molecule has 6 nitrogen and oxygen atoms in total. The molecule has 138 valence electrons. The van der Waals surface area contributed by atoms with Crippen LogP contribution in [0.4, 0.5) is 10.5 Å². The lowest BCUT2D eigenvalue weighted by molar-refractivity contribution is 0.0963. The molecule has 1 aliphatic rings. The first-order valence-electron chi connectivity index (χ1n) is 9.09. The predicted molar refractivity (Wildman–Crippen MR) is 101 cm³/mol. The maximum atomic E-state index is 12.1. The molecule has 1 heterocycles. The molecule has 0 aliphatic carbocycles. The lowest BCUT2D eigenvalue weighted by atomic mass is 10.1. The van der Waals surface area contributed by atoms with Gasteiger partial charge in [-0.1, -0.05) is 13.3 Å². The van der Waals surface area contributed by atoms with Crippen molar-refractivity contribution in [2.24, 2.45) is 5.92 Å². The Bertz CT molecular complexity index is 597. The van der Waals surface area contributed by atoms with E-state index in [1.54, 1.807) is 25.2 Å². The number of carbonyl (C=O) groups is 2. The molecule has 1 aromatic rings. The minimum Gasteiger partial charge on any atom is -0.355 e. The average molecular weight is 346 g/mol. The number of hydrogen-bond donors (Lipinski definition) is 3. The first kappa shape index (κ1) is 19.2. The zero-order valence-electron chi connectivity index (χ0n) is 15.5. The molecule has 2 rings (SSSR count). The lowest BCUT2D eigenvalue weighted by Crippen LogP contribution is -2.39. The van der Waals surface area contributed by atoms with Crippen LogP contribution < -0.4 is 16.0 Å². The number of amides is 3. The van der Waals surface area contributed by atoms with Crippen molar-refractivity contribution in [1.82, 2.24) is 15.5 Å². The van der Waals surface area contributed by atoms with Gasteiger partial charge in [0.05, 0.1) is 0 Å². The van der Waals surface area contributed by atoms with Crippen LogP contribution in [-0.2, 0) is 0 Å². The van der Waals surface area contributed by atoms with E-state index in [1.807, 2.05) is 6.92 Å². The van der Waals surface area contributed by atoms with E-state index in [0.29, 0.717) is 23.7 Å². The number of piperidine rings is 1. The Morgan fingerprint density at radius 1 is 1.20 bits per heavy atom. The molecular formula is C19H30N4O2. The highest BCUT2D eigenvalue weighted by Gasteiger charge is 2.14. The maximum absolute atomic E-state index is 12.1. The average Bonchev–Trinajstić information content (AvgIpc) is 2.62. The summed E-state index contributed by atoms with van der Waals surface area (Å²) in [5.41, 5.74) is 2.16. The number of benzene rings is 1. The van der Waals surface area contributed by atoms with Gasteiger partial charge in [0, 0.05) is 31.4 Å². The maximum Gasteiger partial charge on any atom is 0.319 e. The number of anilines is 1. The van der Waals surface area contributed by atoms with Crippen LogP contribution in [0.3, 0.4) is 0 Å². The highest BCUT2D eigenvalue weighted by Crippen LogP contribution is 2.16. The Balaban J connectivity index is 1.78. The molecule has 3 N–H and O–H groups in total. The lowest BCUT2D eigenvalue weighted by Gasteiger charge is -2.29. The molecule has 1 fully saturated rings. The van der Waals surface area contributed by atoms with Gasteiger partial charge < -0.3 is 20.9 Å². The van der Waals surface area contributed by atoms with Crippen molar-refractivity contribution in [3.8, 4) is 0 Å². The summed E-state index contributed by atoms with van der Waals surface area (Å²) < 4.78 is 0. The quantitative estimate of drug-likeness (QED) is 0.741. The van der Waals surface area contributed by atoms with Crippen LogP contribution in [-0.4, -0.2) is 50.1 Å². The number of hydrogen-bond acceptors (Lipinski definition) is 3. The number of aryl methyl sites for hydroxylation is 1. The molecule has 0 saturated carbocycles. The molecule has 0 spiro atoms. The molecule has 0 radical (unpaired) electrons. The highest BCUT2D eigenvalue weighted by molar-refractivity contribution is 5.96. The Morgan fingerprint density at radius 2 is 1.92 bits per heavy atom. The Labute approximate surface area is 150 Å². The second-order valence-corrected chi connectivity index (χ2v) is 6.91. The van der Waals surface area contributed by atoms with Crippen LogP contribution in [0, 0.1) is 12.8 Å². The molecule has 0 aromatic heterocycles. The van der Waals surface area contributed by atoms with Crippen LogP contribution in [0.5, 0.6) is 0 Å². The second kappa shape index (κ2) is 9.42. The summed E-state index contributed by atoms with van der Waals surface area (Å²) in [6.45, 7) is 8.07. The number of rotatable bonds is 6. The number of nitrogens with one attached hydrogen (secondary N) is 3. The van der Waals surface area contributed by atoms with E-state index < -0.39 is 0 Å². The van der Waals surface area contributed by atoms with Crippen molar-refractivity contribution in [2.75, 3.05) is 38.5 Å². The zero-order valence-corrected chi connectivity index (χ0v) is 15.5. The molecule has 1 atom stereocenters. The number of carbonyl (C=O) groups excluding carboxylic acids is 2. The Morgan fingerprint density at radius 3 is 2.56 bits per heavy atom. The van der Waals surface area contributed by atoms with E-state index in [1.165, 1.54) is 32.4 Å². The third-order valence-electron chi connectivity index (χ3n) is 4.59. The van der Waals surface area contributed by atoms with Crippen LogP contribution in [0.1, 0.15) is 42.1 Å². The first-order chi connectivity index (χ1) is 12.0. The normalized spacial score (nSPS) is 16.1. The van der Waals surface area contributed by atoms with E-state index in [9.17, 15) is 9.59 Å². The Kier molecular flexibility index (Phi) is 7.25. The first-order valence-corrected chi connectivity index (χ1v) is 9.09. The zero-order chi connectivity index (χ0) is 18.2. The third-order valence-corrected chi connectivity index (χ3v) is 4.59. The fraction of sp³-hybridized carbons (Fsp3) is 0.579. The van der Waals surface area contributed by atoms with Crippen molar-refractivity contribution in [3.05, 3.63) is 29.3 Å². The van der Waals surface area contributed by atoms with Crippen LogP contribution >= 0.6 is 0 Å². The van der Waals surface area contributed by atoms with Crippen molar-refractivity contribution in [3.63, 3.8) is 0 Å². The fourth-order valence-electron chi connectivity index (χ4n) is 3.17. The Hall–Kier alpha value is -2.08. The second-order valence-electron chi connectivity index (χ2n) is 6.91. The smallest absolute Gasteiger partial charge is 0.319 e. The molecular weight excluding hydrogens is 316 g/mol. The van der Waals surface area contributed by atoms with Crippen molar-refractivity contribution in [1.29, 1.82) is 0 Å². The molecule has 0 unspecified atom stereocenters. The van der Waals surface area contributed by atoms with Crippen LogP contribution in [0.25, 0.3) is 0 Å². The van der Waals surface area contributed by atoms with Gasteiger partial charge in [-0.25, -0.2) is 4.79 Å². The monoisotopic (exact) mass is 346 g/mol. The van der Waals surface area contributed by atoms with Gasteiger partial charge in [-0.15, -0.1) is 0 Å². The largest absolute Gasteiger partial charge is 0.355 e. The molecule has 6 heteroatoms. The summed E-state index contributed by atoms with van der Waals surface area (Å²) in [5, 5.41) is 8.39. The minimum atomic E-state index is -0.207. The minimum absolute atomic E-state index is 0.134. The third kappa shape index (κ3) is 6.05. The van der Waals surface area contributed by atoms with Gasteiger partial charge in [-0.3, -0.25) is 4.79 Å². The molecule has 0 bridgehead atoms. The van der Waals surface area contributed by atoms with E-state index in [4.69, 9.17) is 0 Å². The van der Waals surface area contributed by atoms with Gasteiger partial charge in [0.25, 0.3) is 5.91 Å². The van der Waals surface area contributed by atoms with Crippen LogP contribution in [0.15, 0.2) is 18.2 Å². The van der Waals surface area contributed by atoms with Gasteiger partial charge in [-0.2, -0.15) is 0 Å². The standard InChI is InChI=1S/C19H30N4O2/c1-14(13-23-9-5-4-6-10-23)12-21-19(25)22-17-8-7-16(11-15(17)2)18(24)20-3/h7-8,11,14H,4-6,9-10,12-13H2,1-3H3,(H,20,24)(H2,21,22,25)/t14-/m1/s1. The summed E-state index contributed by atoms with van der Waals surface area (Å²) in [6.07, 6.45) is 3.90. The number of urea groups is 1. The predicted octanol–water partition coefficient (Wildman–Crippen LogP) is 2.60. The molecule has 25 heavy (non-hydrogen) atoms. The van der Waals surface area contributed by atoms with Crippen molar-refractivity contribution in [2.45, 2.75) is 33.1 Å². The highest BCUT2D eigenvalue weighted by atomic mass is 16.2. The van der Waals surface area contributed by atoms with Crippen LogP contribution in [0.2, 0.25) is 0 Å². The summed E-state index contributed by atoms with van der Waals surface area (Å²) in [4.78, 5) is 26.2. The molecule has 1 aromatic carbocycles. The summed E-state index contributed by atoms with van der Waals surface area (Å²) in [7, 11) is 1.60. The molecule has 1 aliphatic heterocycles. The van der Waals surface area contributed by atoms with Gasteiger partial charge >= 0.3 is 6.03 Å². The van der Waals surface area contributed by atoms with E-state index in [0.717, 1.165) is 12.1 Å². The molecule has 3 amide bonds. The fourth-order valence-corrected chi connectivity index (χ4v) is 3.17. The van der Waals surface area contributed by atoms with Gasteiger partial charge in [0.15, 0.2) is 0 Å². The van der Waals surface area contributed by atoms with E-state index in [2.05, 4.69) is 27.8 Å².